The van der Waals surface area contributed by atoms with Crippen molar-refractivity contribution < 1.29 is 9.13 Å². The quantitative estimate of drug-likeness (QED) is 0.499. The molecule has 0 radical (unpaired) electrons. The molecule has 0 bridgehead atoms. The SMILES string of the molecule is Nc1cc(F)ccc1SCCOc1cccc(Br)c1. The molecule has 5 heteroatoms. The normalized spacial score (nSPS) is 10.4. The van der Waals surface area contributed by atoms with Crippen LogP contribution in [0.2, 0.25) is 0 Å². The zero-order chi connectivity index (χ0) is 13.7. The molecular weight excluding hydrogens is 329 g/mol. The number of thioether (sulfide) groups is 1. The molecule has 2 aromatic carbocycles. The van der Waals surface area contributed by atoms with Crippen molar-refractivity contribution >= 4 is 33.4 Å². The van der Waals surface area contributed by atoms with E-state index in [9.17, 15) is 4.39 Å². The van der Waals surface area contributed by atoms with Gasteiger partial charge in [0, 0.05) is 20.8 Å². The minimum Gasteiger partial charge on any atom is -0.493 e. The highest BCUT2D eigenvalue weighted by molar-refractivity contribution is 9.10. The van der Waals surface area contributed by atoms with Crippen LogP contribution in [0.3, 0.4) is 0 Å². The molecule has 0 spiro atoms. The molecule has 0 aliphatic rings. The molecule has 2 aromatic rings. The molecular formula is C14H13BrFNOS. The molecule has 0 atom stereocenters. The first-order valence-electron chi connectivity index (χ1n) is 5.71. The lowest BCUT2D eigenvalue weighted by molar-refractivity contribution is 0.344. The van der Waals surface area contributed by atoms with Crippen molar-refractivity contribution in [1.82, 2.24) is 0 Å². The van der Waals surface area contributed by atoms with Gasteiger partial charge in [-0.3, -0.25) is 0 Å². The Morgan fingerprint density at radius 2 is 2.05 bits per heavy atom. The first-order valence-corrected chi connectivity index (χ1v) is 7.49. The molecule has 0 unspecified atom stereocenters. The van der Waals surface area contributed by atoms with E-state index in [1.54, 1.807) is 17.8 Å². The third kappa shape index (κ3) is 4.44. The van der Waals surface area contributed by atoms with Gasteiger partial charge in [-0.15, -0.1) is 11.8 Å². The van der Waals surface area contributed by atoms with Gasteiger partial charge in [0.05, 0.1) is 6.61 Å². The van der Waals surface area contributed by atoms with Gasteiger partial charge in [-0.1, -0.05) is 22.0 Å². The average molecular weight is 342 g/mol. The molecule has 2 nitrogen and oxygen atoms in total. The van der Waals surface area contributed by atoms with Crippen LogP contribution in [0, 0.1) is 5.82 Å². The van der Waals surface area contributed by atoms with Crippen molar-refractivity contribution in [2.24, 2.45) is 0 Å². The summed E-state index contributed by atoms with van der Waals surface area (Å²) in [5.74, 6) is 1.26. The number of nitrogens with two attached hydrogens (primary N) is 1. The number of hydrogen-bond donors (Lipinski definition) is 1. The minimum absolute atomic E-state index is 0.313. The van der Waals surface area contributed by atoms with Crippen molar-refractivity contribution in [2.45, 2.75) is 4.90 Å². The minimum atomic E-state index is -0.313. The summed E-state index contributed by atoms with van der Waals surface area (Å²) in [5, 5.41) is 0. The van der Waals surface area contributed by atoms with E-state index >= 15 is 0 Å². The Kier molecular flexibility index (Phi) is 5.10. The van der Waals surface area contributed by atoms with Crippen LogP contribution in [0.15, 0.2) is 51.8 Å². The molecule has 0 heterocycles. The zero-order valence-electron chi connectivity index (χ0n) is 10.1. The van der Waals surface area contributed by atoms with E-state index in [0.717, 1.165) is 20.9 Å². The van der Waals surface area contributed by atoms with Crippen LogP contribution in [0.5, 0.6) is 5.75 Å². The van der Waals surface area contributed by atoms with E-state index in [-0.39, 0.29) is 5.82 Å². The maximum atomic E-state index is 12.9. The first kappa shape index (κ1) is 14.2. The van der Waals surface area contributed by atoms with E-state index in [2.05, 4.69) is 15.9 Å². The fourth-order valence-corrected chi connectivity index (χ4v) is 2.67. The second kappa shape index (κ2) is 6.82. The molecule has 0 amide bonds. The molecule has 100 valence electrons. The number of anilines is 1. The van der Waals surface area contributed by atoms with E-state index in [1.807, 2.05) is 24.3 Å². The van der Waals surface area contributed by atoms with Crippen LogP contribution in [-0.4, -0.2) is 12.4 Å². The number of benzene rings is 2. The second-order valence-electron chi connectivity index (χ2n) is 3.84. The van der Waals surface area contributed by atoms with Gasteiger partial charge in [0.2, 0.25) is 0 Å². The fraction of sp³-hybridized carbons (Fsp3) is 0.143. The van der Waals surface area contributed by atoms with Crippen LogP contribution in [0.1, 0.15) is 0 Å². The number of rotatable bonds is 5. The standard InChI is InChI=1S/C14H13BrFNOS/c15-10-2-1-3-12(8-10)18-6-7-19-14-5-4-11(16)9-13(14)17/h1-5,8-9H,6-7,17H2. The topological polar surface area (TPSA) is 35.2 Å². The van der Waals surface area contributed by atoms with Gasteiger partial charge in [0.25, 0.3) is 0 Å². The van der Waals surface area contributed by atoms with Crippen LogP contribution in [0.4, 0.5) is 10.1 Å². The van der Waals surface area contributed by atoms with Crippen LogP contribution in [0.25, 0.3) is 0 Å². The number of hydrogen-bond acceptors (Lipinski definition) is 3. The van der Waals surface area contributed by atoms with Gasteiger partial charge in [0.1, 0.15) is 11.6 Å². The van der Waals surface area contributed by atoms with Crippen molar-refractivity contribution in [3.05, 3.63) is 52.8 Å². The predicted molar refractivity (Wildman–Crippen MR) is 81.2 cm³/mol. The van der Waals surface area contributed by atoms with Crippen molar-refractivity contribution in [2.75, 3.05) is 18.1 Å². The lowest BCUT2D eigenvalue weighted by atomic mass is 10.3. The van der Waals surface area contributed by atoms with Gasteiger partial charge < -0.3 is 10.5 Å². The Morgan fingerprint density at radius 3 is 2.79 bits per heavy atom. The molecule has 0 aromatic heterocycles. The highest BCUT2D eigenvalue weighted by Crippen LogP contribution is 2.25. The summed E-state index contributed by atoms with van der Waals surface area (Å²) in [4.78, 5) is 0.874. The van der Waals surface area contributed by atoms with Gasteiger partial charge in [0.15, 0.2) is 0 Å². The summed E-state index contributed by atoms with van der Waals surface area (Å²) in [7, 11) is 0. The van der Waals surface area contributed by atoms with Crippen molar-refractivity contribution in [3.63, 3.8) is 0 Å². The molecule has 2 rings (SSSR count). The Hall–Kier alpha value is -1.20. The van der Waals surface area contributed by atoms with E-state index in [0.29, 0.717) is 12.3 Å². The van der Waals surface area contributed by atoms with Gasteiger partial charge in [-0.05, 0) is 36.4 Å². The Morgan fingerprint density at radius 1 is 1.21 bits per heavy atom. The molecule has 0 saturated carbocycles. The average Bonchev–Trinajstić information content (AvgIpc) is 2.37. The Labute approximate surface area is 124 Å². The third-order valence-corrected chi connectivity index (χ3v) is 3.92. The largest absolute Gasteiger partial charge is 0.493 e. The number of ether oxygens (including phenoxy) is 1. The first-order chi connectivity index (χ1) is 9.15. The van der Waals surface area contributed by atoms with Gasteiger partial charge >= 0.3 is 0 Å². The molecule has 0 aliphatic carbocycles. The smallest absolute Gasteiger partial charge is 0.125 e. The van der Waals surface area contributed by atoms with Gasteiger partial charge in [-0.25, -0.2) is 4.39 Å². The maximum absolute atomic E-state index is 12.9. The Bertz CT molecular complexity index is 565. The lowest BCUT2D eigenvalue weighted by Crippen LogP contribution is -2.00. The van der Waals surface area contributed by atoms with Gasteiger partial charge in [-0.2, -0.15) is 0 Å². The monoisotopic (exact) mass is 341 g/mol. The lowest BCUT2D eigenvalue weighted by Gasteiger charge is -2.07. The van der Waals surface area contributed by atoms with E-state index in [4.69, 9.17) is 10.5 Å². The Balaban J connectivity index is 1.81. The van der Waals surface area contributed by atoms with Crippen molar-refractivity contribution in [1.29, 1.82) is 0 Å². The molecule has 0 fully saturated rings. The highest BCUT2D eigenvalue weighted by Gasteiger charge is 2.02. The summed E-state index contributed by atoms with van der Waals surface area (Å²) < 4.78 is 19.5. The maximum Gasteiger partial charge on any atom is 0.125 e. The highest BCUT2D eigenvalue weighted by atomic mass is 79.9. The summed E-state index contributed by atoms with van der Waals surface area (Å²) in [6, 6.07) is 12.1. The molecule has 19 heavy (non-hydrogen) atoms. The van der Waals surface area contributed by atoms with Crippen LogP contribution in [-0.2, 0) is 0 Å². The fourth-order valence-electron chi connectivity index (χ4n) is 1.52. The molecule has 0 saturated heterocycles. The van der Waals surface area contributed by atoms with Crippen molar-refractivity contribution in [3.8, 4) is 5.75 Å². The second-order valence-corrected chi connectivity index (χ2v) is 5.89. The summed E-state index contributed by atoms with van der Waals surface area (Å²) in [5.41, 5.74) is 6.19. The third-order valence-electron chi connectivity index (χ3n) is 2.38. The summed E-state index contributed by atoms with van der Waals surface area (Å²) >= 11 is 4.94. The predicted octanol–water partition coefficient (Wildman–Crippen LogP) is 4.34. The number of nitrogen functional groups attached to an aromatic ring is 1. The van der Waals surface area contributed by atoms with Crippen LogP contribution < -0.4 is 10.5 Å². The summed E-state index contributed by atoms with van der Waals surface area (Å²) in [6.45, 7) is 0.567. The zero-order valence-corrected chi connectivity index (χ0v) is 12.5. The van der Waals surface area contributed by atoms with E-state index < -0.39 is 0 Å². The summed E-state index contributed by atoms with van der Waals surface area (Å²) in [6.07, 6.45) is 0. The number of halogens is 2. The molecule has 0 aliphatic heterocycles. The molecule has 2 N–H and O–H groups in total. The van der Waals surface area contributed by atoms with E-state index in [1.165, 1.54) is 12.1 Å². The van der Waals surface area contributed by atoms with Crippen LogP contribution >= 0.6 is 27.7 Å².